The van der Waals surface area contributed by atoms with Crippen LogP contribution in [0, 0.1) is 10.1 Å². The van der Waals surface area contributed by atoms with Gasteiger partial charge in [0.1, 0.15) is 6.04 Å². The number of anilines is 1. The van der Waals surface area contributed by atoms with E-state index in [0.29, 0.717) is 11.6 Å². The quantitative estimate of drug-likeness (QED) is 0.278. The number of amides is 3. The van der Waals surface area contributed by atoms with Crippen LogP contribution in [0.25, 0.3) is 0 Å². The van der Waals surface area contributed by atoms with Crippen molar-refractivity contribution in [3.8, 4) is 0 Å². The van der Waals surface area contributed by atoms with Gasteiger partial charge in [0.2, 0.25) is 5.91 Å². The van der Waals surface area contributed by atoms with Crippen LogP contribution in [0.3, 0.4) is 0 Å². The van der Waals surface area contributed by atoms with Gasteiger partial charge in [-0.3, -0.25) is 24.5 Å². The van der Waals surface area contributed by atoms with E-state index < -0.39 is 22.8 Å². The van der Waals surface area contributed by atoms with Crippen LogP contribution < -0.4 is 4.90 Å². The Balaban J connectivity index is 1.64. The lowest BCUT2D eigenvalue weighted by atomic mass is 10.0. The van der Waals surface area contributed by atoms with E-state index in [9.17, 15) is 24.5 Å². The molecule has 3 aromatic rings. The van der Waals surface area contributed by atoms with Crippen LogP contribution in [-0.2, 0) is 16.1 Å². The second-order valence-corrected chi connectivity index (χ2v) is 9.38. The van der Waals surface area contributed by atoms with Crippen LogP contribution in [0.5, 0.6) is 0 Å². The average Bonchev–Trinajstić information content (AvgIpc) is 3.44. The monoisotopic (exact) mass is 477 g/mol. The van der Waals surface area contributed by atoms with E-state index in [0.717, 1.165) is 15.3 Å². The molecule has 34 heavy (non-hydrogen) atoms. The predicted molar refractivity (Wildman–Crippen MR) is 129 cm³/mol. The molecule has 1 unspecified atom stereocenters. The summed E-state index contributed by atoms with van der Waals surface area (Å²) in [6, 6.07) is 15.2. The van der Waals surface area contributed by atoms with Crippen molar-refractivity contribution in [1.82, 2.24) is 4.90 Å². The van der Waals surface area contributed by atoms with Gasteiger partial charge in [0.05, 0.1) is 23.6 Å². The van der Waals surface area contributed by atoms with E-state index in [1.807, 2.05) is 29.6 Å². The number of thiophene rings is 1. The molecular weight excluding hydrogens is 454 g/mol. The van der Waals surface area contributed by atoms with Gasteiger partial charge in [-0.15, -0.1) is 11.3 Å². The van der Waals surface area contributed by atoms with Gasteiger partial charge < -0.3 is 4.90 Å². The minimum Gasteiger partial charge on any atom is -0.321 e. The molecule has 1 aliphatic heterocycles. The average molecular weight is 478 g/mol. The lowest BCUT2D eigenvalue weighted by molar-refractivity contribution is -0.384. The van der Waals surface area contributed by atoms with E-state index in [1.165, 1.54) is 40.5 Å². The smallest absolute Gasteiger partial charge is 0.269 e. The number of nitro groups is 1. The van der Waals surface area contributed by atoms with Crippen LogP contribution in [-0.4, -0.2) is 33.6 Å². The van der Waals surface area contributed by atoms with Crippen molar-refractivity contribution in [2.24, 2.45) is 0 Å². The Labute approximate surface area is 200 Å². The Hall–Kier alpha value is -3.85. The Morgan fingerprint density at radius 3 is 2.35 bits per heavy atom. The lowest BCUT2D eigenvalue weighted by Crippen LogP contribution is -2.45. The molecule has 9 heteroatoms. The number of nitro benzene ring substituents is 1. The number of rotatable bonds is 7. The number of non-ortho nitro benzene ring substituents is 1. The second-order valence-electron chi connectivity index (χ2n) is 8.35. The minimum atomic E-state index is -0.970. The number of nitrogens with zero attached hydrogens (tertiary/aromatic N) is 3. The summed E-state index contributed by atoms with van der Waals surface area (Å²) in [5.74, 6) is -0.993. The molecule has 1 saturated heterocycles. The topological polar surface area (TPSA) is 101 Å². The highest BCUT2D eigenvalue weighted by molar-refractivity contribution is 7.09. The van der Waals surface area contributed by atoms with Crippen molar-refractivity contribution >= 4 is 40.4 Å². The number of imide groups is 1. The Bertz CT molecular complexity index is 1220. The summed E-state index contributed by atoms with van der Waals surface area (Å²) in [6.07, 6.45) is -0.130. The summed E-state index contributed by atoms with van der Waals surface area (Å²) in [6.45, 7) is 4.27. The molecular formula is C25H23N3O5S. The molecule has 0 radical (unpaired) electrons. The van der Waals surface area contributed by atoms with Gasteiger partial charge in [-0.1, -0.05) is 32.0 Å². The van der Waals surface area contributed by atoms with E-state index in [-0.39, 0.29) is 30.1 Å². The lowest BCUT2D eigenvalue weighted by Gasteiger charge is -2.27. The molecule has 3 amide bonds. The van der Waals surface area contributed by atoms with E-state index in [2.05, 4.69) is 13.8 Å². The molecule has 8 nitrogen and oxygen atoms in total. The predicted octanol–water partition coefficient (Wildman–Crippen LogP) is 4.75. The number of carbonyl (C=O) groups is 3. The largest absolute Gasteiger partial charge is 0.321 e. The maximum Gasteiger partial charge on any atom is 0.269 e. The highest BCUT2D eigenvalue weighted by Gasteiger charge is 2.44. The Morgan fingerprint density at radius 1 is 1.12 bits per heavy atom. The number of hydrogen-bond donors (Lipinski definition) is 0. The zero-order chi connectivity index (χ0) is 24.4. The number of hydrogen-bond acceptors (Lipinski definition) is 6. The molecule has 0 spiro atoms. The summed E-state index contributed by atoms with van der Waals surface area (Å²) in [7, 11) is 0. The number of benzene rings is 2. The Morgan fingerprint density at radius 2 is 1.79 bits per heavy atom. The van der Waals surface area contributed by atoms with Crippen LogP contribution in [0.4, 0.5) is 11.4 Å². The highest BCUT2D eigenvalue weighted by atomic mass is 32.1. The molecule has 0 saturated carbocycles. The van der Waals surface area contributed by atoms with Gasteiger partial charge >= 0.3 is 0 Å². The summed E-state index contributed by atoms with van der Waals surface area (Å²) < 4.78 is 0. The van der Waals surface area contributed by atoms with Crippen molar-refractivity contribution in [3.63, 3.8) is 0 Å². The molecule has 2 aromatic carbocycles. The van der Waals surface area contributed by atoms with Crippen LogP contribution >= 0.6 is 11.3 Å². The van der Waals surface area contributed by atoms with Crippen molar-refractivity contribution in [2.75, 3.05) is 4.90 Å². The molecule has 0 N–H and O–H groups in total. The first-order valence-corrected chi connectivity index (χ1v) is 11.7. The molecule has 174 valence electrons. The minimum absolute atomic E-state index is 0.130. The van der Waals surface area contributed by atoms with Crippen molar-refractivity contribution in [3.05, 3.63) is 92.2 Å². The van der Waals surface area contributed by atoms with E-state index >= 15 is 0 Å². The molecule has 2 heterocycles. The zero-order valence-corrected chi connectivity index (χ0v) is 19.5. The summed E-state index contributed by atoms with van der Waals surface area (Å²) >= 11 is 1.44. The Kier molecular flexibility index (Phi) is 6.56. The first kappa shape index (κ1) is 23.3. The van der Waals surface area contributed by atoms with E-state index in [4.69, 9.17) is 0 Å². The fourth-order valence-corrected chi connectivity index (χ4v) is 4.63. The number of carbonyl (C=O) groups excluding carboxylic acids is 3. The first-order chi connectivity index (χ1) is 16.3. The second kappa shape index (κ2) is 9.56. The van der Waals surface area contributed by atoms with Crippen LogP contribution in [0.15, 0.2) is 66.0 Å². The van der Waals surface area contributed by atoms with Crippen LogP contribution in [0.2, 0.25) is 0 Å². The van der Waals surface area contributed by atoms with Gasteiger partial charge in [0.15, 0.2) is 0 Å². The summed E-state index contributed by atoms with van der Waals surface area (Å²) in [5, 5.41) is 12.8. The maximum absolute atomic E-state index is 13.4. The van der Waals surface area contributed by atoms with Gasteiger partial charge in [-0.2, -0.15) is 0 Å². The van der Waals surface area contributed by atoms with Crippen LogP contribution in [0.1, 0.15) is 47.0 Å². The highest BCUT2D eigenvalue weighted by Crippen LogP contribution is 2.30. The molecule has 1 aliphatic rings. The molecule has 1 fully saturated rings. The fourth-order valence-electron chi connectivity index (χ4n) is 3.92. The molecule has 0 aliphatic carbocycles. The van der Waals surface area contributed by atoms with Crippen molar-refractivity contribution in [1.29, 1.82) is 0 Å². The van der Waals surface area contributed by atoms with Gasteiger partial charge in [0, 0.05) is 22.6 Å². The zero-order valence-electron chi connectivity index (χ0n) is 18.7. The maximum atomic E-state index is 13.4. The van der Waals surface area contributed by atoms with Crippen molar-refractivity contribution in [2.45, 2.75) is 38.8 Å². The summed E-state index contributed by atoms with van der Waals surface area (Å²) in [4.78, 5) is 53.5. The molecule has 1 aromatic heterocycles. The van der Waals surface area contributed by atoms with Gasteiger partial charge in [-0.05, 0) is 47.2 Å². The normalized spacial score (nSPS) is 15.7. The summed E-state index contributed by atoms with van der Waals surface area (Å²) in [5.41, 5.74) is 1.64. The fraction of sp³-hybridized carbons (Fsp3) is 0.240. The first-order valence-electron chi connectivity index (χ1n) is 10.8. The molecule has 0 bridgehead atoms. The third kappa shape index (κ3) is 4.60. The SMILES string of the molecule is CC(C)c1ccc(N2C(=O)CC(N(Cc3cccs3)C(=O)c3ccc([N+](=O)[O-])cc3)C2=O)cc1. The molecule has 4 rings (SSSR count). The van der Waals surface area contributed by atoms with Gasteiger partial charge in [0.25, 0.3) is 17.5 Å². The van der Waals surface area contributed by atoms with Gasteiger partial charge in [-0.25, -0.2) is 4.90 Å². The van der Waals surface area contributed by atoms with E-state index in [1.54, 1.807) is 12.1 Å². The van der Waals surface area contributed by atoms with Crippen molar-refractivity contribution < 1.29 is 19.3 Å². The standard InChI is InChI=1S/C25H23N3O5S/c1-16(2)17-5-9-19(10-6-17)27-23(29)14-22(25(27)31)26(15-21-4-3-13-34-21)24(30)18-7-11-20(12-8-18)28(32)33/h3-13,16,22H,14-15H2,1-2H3. The third-order valence-electron chi connectivity index (χ3n) is 5.81. The molecule has 1 atom stereocenters. The third-order valence-corrected chi connectivity index (χ3v) is 6.67.